The van der Waals surface area contributed by atoms with Gasteiger partial charge in [-0.15, -0.1) is 0 Å². The largest absolute Gasteiger partial charge is 0.491 e. The lowest BCUT2D eigenvalue weighted by Gasteiger charge is -2.12. The Morgan fingerprint density at radius 2 is 1.71 bits per heavy atom. The summed E-state index contributed by atoms with van der Waals surface area (Å²) in [6.45, 7) is 0.148. The van der Waals surface area contributed by atoms with Gasteiger partial charge in [0, 0.05) is 11.6 Å². The monoisotopic (exact) mass is 338 g/mol. The normalized spacial score (nSPS) is 11.0. The first-order valence-electron chi connectivity index (χ1n) is 6.71. The molecule has 126 valence electrons. The Bertz CT molecular complexity index is 746. The summed E-state index contributed by atoms with van der Waals surface area (Å²) < 4.78 is 46.6. The third kappa shape index (κ3) is 4.73. The van der Waals surface area contributed by atoms with E-state index in [1.807, 2.05) is 6.07 Å². The highest BCUT2D eigenvalue weighted by Crippen LogP contribution is 2.26. The number of nitrogens with one attached hydrogen (secondary N) is 1. The lowest BCUT2D eigenvalue weighted by atomic mass is 10.2. The molecule has 24 heavy (non-hydrogen) atoms. The highest BCUT2D eigenvalue weighted by Gasteiger charge is 2.41. The van der Waals surface area contributed by atoms with Gasteiger partial charge in [-0.3, -0.25) is 5.41 Å². The average Bonchev–Trinajstić information content (AvgIpc) is 2.52. The topological polar surface area (TPSA) is 85.4 Å². The summed E-state index contributed by atoms with van der Waals surface area (Å²) in [5.74, 6) is -3.05. The second kappa shape index (κ2) is 7.03. The fourth-order valence-electron chi connectivity index (χ4n) is 1.78. The van der Waals surface area contributed by atoms with Crippen molar-refractivity contribution in [2.24, 2.45) is 5.73 Å². The van der Waals surface area contributed by atoms with Crippen LogP contribution in [-0.2, 0) is 11.4 Å². The summed E-state index contributed by atoms with van der Waals surface area (Å²) in [6, 6.07) is 12.6. The molecule has 3 N–H and O–H groups in total. The first kappa shape index (κ1) is 17.3. The quantitative estimate of drug-likeness (QED) is 0.380. The first-order valence-corrected chi connectivity index (χ1v) is 6.71. The van der Waals surface area contributed by atoms with Crippen LogP contribution in [0.4, 0.5) is 13.2 Å². The average molecular weight is 338 g/mol. The molecule has 2 aromatic rings. The van der Waals surface area contributed by atoms with Crippen LogP contribution in [0.1, 0.15) is 11.1 Å². The van der Waals surface area contributed by atoms with Crippen molar-refractivity contribution in [1.82, 2.24) is 0 Å². The van der Waals surface area contributed by atoms with E-state index in [0.717, 1.165) is 17.7 Å². The van der Waals surface area contributed by atoms with Crippen LogP contribution in [0.2, 0.25) is 0 Å². The molecule has 0 saturated carbocycles. The number of carbonyl (C=O) groups excluding carboxylic acids is 1. The molecule has 0 aliphatic heterocycles. The standard InChI is InChI=1S/C16H13F3N2O3/c17-16(18,19)15(22)24-13-7-11(14(20)21)6-12(8-13)23-9-10-4-2-1-3-5-10/h1-8H,9H2,(H3,20,21). The Hall–Kier alpha value is -3.03. The van der Waals surface area contributed by atoms with Crippen LogP contribution in [-0.4, -0.2) is 18.0 Å². The van der Waals surface area contributed by atoms with Gasteiger partial charge in [0.2, 0.25) is 0 Å². The van der Waals surface area contributed by atoms with E-state index in [1.165, 1.54) is 6.07 Å². The van der Waals surface area contributed by atoms with Crippen molar-refractivity contribution in [2.45, 2.75) is 12.8 Å². The zero-order valence-electron chi connectivity index (χ0n) is 12.3. The lowest BCUT2D eigenvalue weighted by molar-refractivity contribution is -0.189. The number of alkyl halides is 3. The number of nitrogen functional groups attached to an aromatic ring is 1. The smallest absolute Gasteiger partial charge is 0.489 e. The van der Waals surface area contributed by atoms with Gasteiger partial charge >= 0.3 is 12.1 Å². The fourth-order valence-corrected chi connectivity index (χ4v) is 1.78. The van der Waals surface area contributed by atoms with Crippen molar-refractivity contribution in [3.05, 3.63) is 59.7 Å². The maximum Gasteiger partial charge on any atom is 0.491 e. The molecular weight excluding hydrogens is 325 g/mol. The molecular formula is C16H13F3N2O3. The number of ether oxygens (including phenoxy) is 2. The van der Waals surface area contributed by atoms with Gasteiger partial charge < -0.3 is 15.2 Å². The molecule has 0 aliphatic carbocycles. The van der Waals surface area contributed by atoms with Crippen molar-refractivity contribution < 1.29 is 27.4 Å². The van der Waals surface area contributed by atoms with Crippen molar-refractivity contribution in [2.75, 3.05) is 0 Å². The minimum Gasteiger partial charge on any atom is -0.489 e. The fraction of sp³-hybridized carbons (Fsp3) is 0.125. The number of hydrogen-bond acceptors (Lipinski definition) is 4. The Morgan fingerprint density at radius 3 is 2.29 bits per heavy atom. The summed E-state index contributed by atoms with van der Waals surface area (Å²) in [5, 5.41) is 7.39. The molecule has 0 heterocycles. The van der Waals surface area contributed by atoms with E-state index in [-0.39, 0.29) is 17.9 Å². The van der Waals surface area contributed by atoms with E-state index >= 15 is 0 Å². The summed E-state index contributed by atoms with van der Waals surface area (Å²) >= 11 is 0. The van der Waals surface area contributed by atoms with Gasteiger partial charge in [0.05, 0.1) is 0 Å². The van der Waals surface area contributed by atoms with Crippen LogP contribution < -0.4 is 15.2 Å². The minimum atomic E-state index is -5.13. The maximum absolute atomic E-state index is 12.3. The predicted molar refractivity (Wildman–Crippen MR) is 79.9 cm³/mol. The number of rotatable bonds is 5. The number of carbonyl (C=O) groups is 1. The predicted octanol–water partition coefficient (Wildman–Crippen LogP) is 3.02. The number of esters is 1. The van der Waals surface area contributed by atoms with Gasteiger partial charge in [0.25, 0.3) is 0 Å². The number of hydrogen-bond donors (Lipinski definition) is 2. The van der Waals surface area contributed by atoms with Gasteiger partial charge in [0.1, 0.15) is 23.9 Å². The molecule has 5 nitrogen and oxygen atoms in total. The summed E-state index contributed by atoms with van der Waals surface area (Å²) in [7, 11) is 0. The van der Waals surface area contributed by atoms with Crippen molar-refractivity contribution in [3.63, 3.8) is 0 Å². The van der Waals surface area contributed by atoms with Crippen LogP contribution in [0.15, 0.2) is 48.5 Å². The highest BCUT2D eigenvalue weighted by atomic mass is 19.4. The molecule has 0 radical (unpaired) electrons. The zero-order chi connectivity index (χ0) is 17.7. The molecule has 0 unspecified atom stereocenters. The second-order valence-corrected chi connectivity index (χ2v) is 4.77. The summed E-state index contributed by atoms with van der Waals surface area (Å²) in [4.78, 5) is 10.9. The zero-order valence-corrected chi connectivity index (χ0v) is 12.3. The van der Waals surface area contributed by atoms with Gasteiger partial charge in [-0.2, -0.15) is 13.2 Å². The SMILES string of the molecule is N=C(N)c1cc(OCc2ccccc2)cc(OC(=O)C(F)(F)F)c1. The molecule has 0 aliphatic rings. The Balaban J connectivity index is 2.21. The van der Waals surface area contributed by atoms with Gasteiger partial charge in [-0.1, -0.05) is 30.3 Å². The molecule has 0 fully saturated rings. The lowest BCUT2D eigenvalue weighted by Crippen LogP contribution is -2.28. The first-order chi connectivity index (χ1) is 11.3. The van der Waals surface area contributed by atoms with Crippen molar-refractivity contribution in [1.29, 1.82) is 5.41 Å². The van der Waals surface area contributed by atoms with Crippen LogP contribution in [0.25, 0.3) is 0 Å². The van der Waals surface area contributed by atoms with Crippen molar-refractivity contribution in [3.8, 4) is 11.5 Å². The third-order valence-electron chi connectivity index (χ3n) is 2.88. The molecule has 0 spiro atoms. The molecule has 0 atom stereocenters. The van der Waals surface area contributed by atoms with Gasteiger partial charge in [-0.05, 0) is 17.7 Å². The summed E-state index contributed by atoms with van der Waals surface area (Å²) in [5.41, 5.74) is 6.25. The number of amidine groups is 1. The second-order valence-electron chi connectivity index (χ2n) is 4.77. The van der Waals surface area contributed by atoms with E-state index < -0.39 is 23.7 Å². The van der Waals surface area contributed by atoms with E-state index in [0.29, 0.717) is 0 Å². The Morgan fingerprint density at radius 1 is 1.08 bits per heavy atom. The minimum absolute atomic E-state index is 0.0746. The van der Waals surface area contributed by atoms with Crippen LogP contribution in [0.5, 0.6) is 11.5 Å². The van der Waals surface area contributed by atoms with Gasteiger partial charge in [-0.25, -0.2) is 4.79 Å². The van der Waals surface area contributed by atoms with E-state index in [2.05, 4.69) is 4.74 Å². The van der Waals surface area contributed by atoms with Gasteiger partial charge in [0.15, 0.2) is 0 Å². The number of nitrogens with two attached hydrogens (primary N) is 1. The number of benzene rings is 2. The Kier molecular flexibility index (Phi) is 5.08. The van der Waals surface area contributed by atoms with E-state index in [4.69, 9.17) is 15.9 Å². The van der Waals surface area contributed by atoms with Crippen LogP contribution in [0, 0.1) is 5.41 Å². The molecule has 0 saturated heterocycles. The highest BCUT2D eigenvalue weighted by molar-refractivity contribution is 5.96. The molecule has 0 amide bonds. The Labute approximate surface area is 135 Å². The molecule has 0 bridgehead atoms. The third-order valence-corrected chi connectivity index (χ3v) is 2.88. The molecule has 2 aromatic carbocycles. The van der Waals surface area contributed by atoms with E-state index in [9.17, 15) is 18.0 Å². The molecule has 0 aromatic heterocycles. The van der Waals surface area contributed by atoms with Crippen LogP contribution >= 0.6 is 0 Å². The van der Waals surface area contributed by atoms with Crippen molar-refractivity contribution >= 4 is 11.8 Å². The summed E-state index contributed by atoms with van der Waals surface area (Å²) in [6.07, 6.45) is -5.13. The van der Waals surface area contributed by atoms with Crippen LogP contribution in [0.3, 0.4) is 0 Å². The molecule has 2 rings (SSSR count). The molecule has 8 heteroatoms. The van der Waals surface area contributed by atoms with E-state index in [1.54, 1.807) is 24.3 Å². The maximum atomic E-state index is 12.3. The number of halogens is 3.